The highest BCUT2D eigenvalue weighted by Gasteiger charge is 2.32. The molecule has 0 aliphatic heterocycles. The molecule has 2 aromatic carbocycles. The van der Waals surface area contributed by atoms with Crippen LogP contribution in [0.5, 0.6) is 5.75 Å². The second-order valence-corrected chi connectivity index (χ2v) is 5.83. The number of hydrogen-bond acceptors (Lipinski definition) is 4. The third kappa shape index (κ3) is 4.36. The standard InChI is InChI=1S/C19H22N2O4/c1-3-19(20,18(23)24)12-14-7-4-5-10-16(14)21-17(22)13-8-6-9-15(11-13)25-2/h4-11H,3,12,20H2,1-2H3,(H,21,22)(H,23,24). The van der Waals surface area contributed by atoms with E-state index in [0.29, 0.717) is 22.6 Å². The minimum absolute atomic E-state index is 0.118. The number of amides is 1. The SMILES string of the molecule is CCC(N)(Cc1ccccc1NC(=O)c1cccc(OC)c1)C(=O)O. The first-order valence-electron chi connectivity index (χ1n) is 7.95. The van der Waals surface area contributed by atoms with Crippen LogP contribution >= 0.6 is 0 Å². The predicted molar refractivity (Wildman–Crippen MR) is 95.9 cm³/mol. The lowest BCUT2D eigenvalue weighted by Gasteiger charge is -2.24. The molecule has 0 aromatic heterocycles. The number of aliphatic carboxylic acids is 1. The lowest BCUT2D eigenvalue weighted by molar-refractivity contribution is -0.143. The van der Waals surface area contributed by atoms with Gasteiger partial charge in [0.05, 0.1) is 7.11 Å². The molecule has 4 N–H and O–H groups in total. The number of ether oxygens (including phenoxy) is 1. The Balaban J connectivity index is 2.25. The van der Waals surface area contributed by atoms with Gasteiger partial charge in [-0.2, -0.15) is 0 Å². The zero-order valence-corrected chi connectivity index (χ0v) is 14.3. The van der Waals surface area contributed by atoms with Crippen molar-refractivity contribution >= 4 is 17.6 Å². The molecule has 0 fully saturated rings. The van der Waals surface area contributed by atoms with E-state index >= 15 is 0 Å². The van der Waals surface area contributed by atoms with Crippen LogP contribution in [-0.2, 0) is 11.2 Å². The van der Waals surface area contributed by atoms with Gasteiger partial charge < -0.3 is 20.9 Å². The summed E-state index contributed by atoms with van der Waals surface area (Å²) >= 11 is 0. The lowest BCUT2D eigenvalue weighted by Crippen LogP contribution is -2.49. The van der Waals surface area contributed by atoms with E-state index in [1.165, 1.54) is 7.11 Å². The molecular weight excluding hydrogens is 320 g/mol. The van der Waals surface area contributed by atoms with Crippen molar-refractivity contribution in [3.8, 4) is 5.75 Å². The number of para-hydroxylation sites is 1. The van der Waals surface area contributed by atoms with Crippen molar-refractivity contribution in [3.63, 3.8) is 0 Å². The van der Waals surface area contributed by atoms with Crippen molar-refractivity contribution in [1.29, 1.82) is 0 Å². The molecule has 6 heteroatoms. The monoisotopic (exact) mass is 342 g/mol. The molecule has 1 amide bonds. The number of carbonyl (C=O) groups is 2. The molecule has 25 heavy (non-hydrogen) atoms. The Kier molecular flexibility index (Phi) is 5.77. The van der Waals surface area contributed by atoms with E-state index in [2.05, 4.69) is 5.32 Å². The van der Waals surface area contributed by atoms with Gasteiger partial charge in [-0.05, 0) is 36.2 Å². The molecule has 0 heterocycles. The normalized spacial score (nSPS) is 12.9. The van der Waals surface area contributed by atoms with Crippen LogP contribution in [0.2, 0.25) is 0 Å². The molecule has 0 aliphatic rings. The summed E-state index contributed by atoms with van der Waals surface area (Å²) in [7, 11) is 1.53. The summed E-state index contributed by atoms with van der Waals surface area (Å²) in [5.41, 5.74) is 6.27. The van der Waals surface area contributed by atoms with Crippen molar-refractivity contribution in [3.05, 3.63) is 59.7 Å². The molecule has 6 nitrogen and oxygen atoms in total. The van der Waals surface area contributed by atoms with E-state index in [-0.39, 0.29) is 18.7 Å². The van der Waals surface area contributed by atoms with E-state index in [1.807, 2.05) is 0 Å². The minimum atomic E-state index is -1.38. The average molecular weight is 342 g/mol. The number of anilines is 1. The summed E-state index contributed by atoms with van der Waals surface area (Å²) in [5, 5.41) is 12.2. The van der Waals surface area contributed by atoms with Crippen LogP contribution < -0.4 is 15.8 Å². The second kappa shape index (κ2) is 7.81. The summed E-state index contributed by atoms with van der Waals surface area (Å²) in [5.74, 6) is -0.788. The summed E-state index contributed by atoms with van der Waals surface area (Å²) in [6, 6.07) is 13.8. The van der Waals surface area contributed by atoms with Gasteiger partial charge in [-0.1, -0.05) is 31.2 Å². The van der Waals surface area contributed by atoms with Crippen LogP contribution in [0.3, 0.4) is 0 Å². The fourth-order valence-electron chi connectivity index (χ4n) is 2.45. The van der Waals surface area contributed by atoms with Crippen molar-refractivity contribution < 1.29 is 19.4 Å². The summed E-state index contributed by atoms with van der Waals surface area (Å²) in [6.07, 6.45) is 0.397. The number of rotatable bonds is 7. The van der Waals surface area contributed by atoms with Crippen molar-refractivity contribution in [1.82, 2.24) is 0 Å². The number of carboxylic acid groups (broad SMARTS) is 1. The molecule has 0 saturated carbocycles. The van der Waals surface area contributed by atoms with Gasteiger partial charge in [0.2, 0.25) is 0 Å². The van der Waals surface area contributed by atoms with Crippen LogP contribution in [0.15, 0.2) is 48.5 Å². The number of nitrogens with two attached hydrogens (primary N) is 1. The quantitative estimate of drug-likeness (QED) is 0.718. The maximum atomic E-state index is 12.5. The van der Waals surface area contributed by atoms with Crippen LogP contribution in [0.4, 0.5) is 5.69 Å². The molecule has 0 radical (unpaired) electrons. The predicted octanol–water partition coefficient (Wildman–Crippen LogP) is 2.68. The third-order valence-corrected chi connectivity index (χ3v) is 4.16. The molecule has 0 aliphatic carbocycles. The largest absolute Gasteiger partial charge is 0.497 e. The molecule has 0 spiro atoms. The molecule has 2 rings (SSSR count). The fourth-order valence-corrected chi connectivity index (χ4v) is 2.45. The molecule has 1 atom stereocenters. The van der Waals surface area contributed by atoms with E-state index in [1.54, 1.807) is 55.5 Å². The van der Waals surface area contributed by atoms with Crippen molar-refractivity contribution in [2.45, 2.75) is 25.3 Å². The van der Waals surface area contributed by atoms with Gasteiger partial charge in [0.15, 0.2) is 0 Å². The zero-order chi connectivity index (χ0) is 18.4. The van der Waals surface area contributed by atoms with E-state index in [9.17, 15) is 14.7 Å². The van der Waals surface area contributed by atoms with Crippen LogP contribution in [0.1, 0.15) is 29.3 Å². The molecule has 0 bridgehead atoms. The van der Waals surface area contributed by atoms with Crippen LogP contribution in [-0.4, -0.2) is 29.6 Å². The number of methoxy groups -OCH3 is 1. The highest BCUT2D eigenvalue weighted by molar-refractivity contribution is 6.05. The van der Waals surface area contributed by atoms with Gasteiger partial charge in [0.25, 0.3) is 5.91 Å². The van der Waals surface area contributed by atoms with Crippen LogP contribution in [0, 0.1) is 0 Å². The Labute approximate surface area is 146 Å². The van der Waals surface area contributed by atoms with Crippen LogP contribution in [0.25, 0.3) is 0 Å². The molecule has 1 unspecified atom stereocenters. The minimum Gasteiger partial charge on any atom is -0.497 e. The third-order valence-electron chi connectivity index (χ3n) is 4.16. The number of carbonyl (C=O) groups excluding carboxylic acids is 1. The smallest absolute Gasteiger partial charge is 0.324 e. The average Bonchev–Trinajstić information content (AvgIpc) is 2.63. The Hall–Kier alpha value is -2.86. The Morgan fingerprint density at radius 1 is 1.20 bits per heavy atom. The van der Waals surface area contributed by atoms with Crippen molar-refractivity contribution in [2.24, 2.45) is 5.73 Å². The van der Waals surface area contributed by atoms with Gasteiger partial charge >= 0.3 is 5.97 Å². The van der Waals surface area contributed by atoms with E-state index < -0.39 is 11.5 Å². The van der Waals surface area contributed by atoms with Crippen molar-refractivity contribution in [2.75, 3.05) is 12.4 Å². The van der Waals surface area contributed by atoms with Gasteiger partial charge in [-0.25, -0.2) is 0 Å². The number of hydrogen-bond donors (Lipinski definition) is 3. The number of nitrogens with one attached hydrogen (secondary N) is 1. The Morgan fingerprint density at radius 2 is 1.92 bits per heavy atom. The van der Waals surface area contributed by atoms with Gasteiger partial charge in [-0.15, -0.1) is 0 Å². The van der Waals surface area contributed by atoms with Gasteiger partial charge in [0.1, 0.15) is 11.3 Å². The number of carboxylic acids is 1. The van der Waals surface area contributed by atoms with Gasteiger partial charge in [-0.3, -0.25) is 9.59 Å². The molecular formula is C19H22N2O4. The first-order chi connectivity index (χ1) is 11.9. The highest BCUT2D eigenvalue weighted by Crippen LogP contribution is 2.23. The Morgan fingerprint density at radius 3 is 2.56 bits per heavy atom. The molecule has 2 aromatic rings. The maximum absolute atomic E-state index is 12.5. The number of benzene rings is 2. The topological polar surface area (TPSA) is 102 Å². The fraction of sp³-hybridized carbons (Fsp3) is 0.263. The molecule has 132 valence electrons. The summed E-state index contributed by atoms with van der Waals surface area (Å²) in [4.78, 5) is 23.9. The van der Waals surface area contributed by atoms with E-state index in [0.717, 1.165) is 0 Å². The summed E-state index contributed by atoms with van der Waals surface area (Å²) in [6.45, 7) is 1.73. The zero-order valence-electron chi connectivity index (χ0n) is 14.3. The lowest BCUT2D eigenvalue weighted by atomic mass is 9.88. The van der Waals surface area contributed by atoms with Gasteiger partial charge in [0, 0.05) is 17.7 Å². The maximum Gasteiger partial charge on any atom is 0.324 e. The first kappa shape index (κ1) is 18.5. The van der Waals surface area contributed by atoms with E-state index in [4.69, 9.17) is 10.5 Å². The summed E-state index contributed by atoms with van der Waals surface area (Å²) < 4.78 is 5.12. The molecule has 0 saturated heterocycles. The second-order valence-electron chi connectivity index (χ2n) is 5.83. The first-order valence-corrected chi connectivity index (χ1v) is 7.95. The Bertz CT molecular complexity index is 776. The highest BCUT2D eigenvalue weighted by atomic mass is 16.5.